The van der Waals surface area contributed by atoms with Crippen LogP contribution in [0.4, 0.5) is 13.2 Å². The van der Waals surface area contributed by atoms with Crippen LogP contribution in [0.25, 0.3) is 0 Å². The number of ether oxygens (including phenoxy) is 1. The summed E-state index contributed by atoms with van der Waals surface area (Å²) in [5, 5.41) is -0.299. The van der Waals surface area contributed by atoms with Crippen LogP contribution in [-0.2, 0) is 35.9 Å². The van der Waals surface area contributed by atoms with Crippen LogP contribution >= 0.6 is 11.6 Å². The number of hydrogen-bond donors (Lipinski definition) is 0. The van der Waals surface area contributed by atoms with Gasteiger partial charge in [0.1, 0.15) is 5.54 Å². The summed E-state index contributed by atoms with van der Waals surface area (Å²) < 4.78 is 48.3. The van der Waals surface area contributed by atoms with E-state index in [2.05, 4.69) is 77.4 Å². The lowest BCUT2D eigenvalue weighted by Gasteiger charge is -2.39. The molecule has 0 radical (unpaired) electrons. The molecule has 0 saturated carbocycles. The molecular weight excluding hydrogens is 557 g/mol. The molecule has 0 saturated heterocycles. The quantitative estimate of drug-likeness (QED) is 0.170. The van der Waals surface area contributed by atoms with Crippen LogP contribution in [0, 0.1) is 5.92 Å². The van der Waals surface area contributed by atoms with Gasteiger partial charge in [0.15, 0.2) is 0 Å². The predicted octanol–water partition coefficient (Wildman–Crippen LogP) is 8.72. The second kappa shape index (κ2) is 11.8. The molecule has 1 aromatic heterocycles. The maximum atomic E-state index is 13.3. The summed E-state index contributed by atoms with van der Waals surface area (Å²) in [6.07, 6.45) is -0.123. The van der Waals surface area contributed by atoms with Gasteiger partial charge in [0.05, 0.1) is 35.8 Å². The van der Waals surface area contributed by atoms with Gasteiger partial charge >= 0.3 is 6.18 Å². The average Bonchev–Trinajstić information content (AvgIpc) is 3.43. The third-order valence-electron chi connectivity index (χ3n) is 8.16. The fraction of sp³-hybridized carbons (Fsp3) is 0.229. The van der Waals surface area contributed by atoms with Crippen LogP contribution in [-0.4, -0.2) is 16.2 Å². The number of aromatic nitrogens is 2. The monoisotopic (exact) mass is 586 g/mol. The molecule has 1 aliphatic carbocycles. The van der Waals surface area contributed by atoms with Crippen molar-refractivity contribution in [2.24, 2.45) is 5.92 Å². The molecule has 1 atom stereocenters. The lowest BCUT2D eigenvalue weighted by Crippen LogP contribution is -2.39. The van der Waals surface area contributed by atoms with Crippen molar-refractivity contribution < 1.29 is 17.9 Å². The summed E-state index contributed by atoms with van der Waals surface area (Å²) in [5.74, 6) is 0.178. The molecule has 1 aliphatic rings. The molecule has 0 spiro atoms. The largest absolute Gasteiger partial charge is 0.417 e. The molecule has 0 aliphatic heterocycles. The van der Waals surface area contributed by atoms with Gasteiger partial charge in [0.2, 0.25) is 0 Å². The van der Waals surface area contributed by atoms with Gasteiger partial charge in [-0.25, -0.2) is 4.98 Å². The molecule has 1 heterocycles. The highest BCUT2D eigenvalue weighted by atomic mass is 35.5. The van der Waals surface area contributed by atoms with Crippen molar-refractivity contribution in [1.29, 1.82) is 0 Å². The zero-order chi connectivity index (χ0) is 29.2. The highest BCUT2D eigenvalue weighted by Crippen LogP contribution is 2.43. The maximum absolute atomic E-state index is 13.3. The molecule has 7 heteroatoms. The van der Waals surface area contributed by atoms with E-state index in [1.54, 1.807) is 6.07 Å². The zero-order valence-corrected chi connectivity index (χ0v) is 23.7. The predicted molar refractivity (Wildman–Crippen MR) is 158 cm³/mol. The second-order valence-electron chi connectivity index (χ2n) is 10.7. The number of halogens is 4. The van der Waals surface area contributed by atoms with Crippen LogP contribution in [0.15, 0.2) is 116 Å². The lowest BCUT2D eigenvalue weighted by atomic mass is 9.76. The van der Waals surface area contributed by atoms with Crippen LogP contribution in [0.1, 0.15) is 45.6 Å². The summed E-state index contributed by atoms with van der Waals surface area (Å²) in [6, 6.07) is 35.4. The smallest absolute Gasteiger partial charge is 0.376 e. The maximum Gasteiger partial charge on any atom is 0.417 e. The van der Waals surface area contributed by atoms with Crippen LogP contribution in [0.5, 0.6) is 0 Å². The molecule has 0 amide bonds. The third kappa shape index (κ3) is 5.25. The van der Waals surface area contributed by atoms with Gasteiger partial charge in [-0.2, -0.15) is 13.2 Å². The van der Waals surface area contributed by atoms with E-state index in [-0.39, 0.29) is 17.5 Å². The van der Waals surface area contributed by atoms with E-state index in [0.29, 0.717) is 12.2 Å². The first-order valence-corrected chi connectivity index (χ1v) is 14.4. The Kier molecular flexibility index (Phi) is 7.93. The number of nitrogens with zero attached hydrogens (tertiary/aromatic N) is 2. The summed E-state index contributed by atoms with van der Waals surface area (Å²) in [7, 11) is 0. The third-order valence-corrected chi connectivity index (χ3v) is 8.60. The van der Waals surface area contributed by atoms with Gasteiger partial charge in [-0.15, -0.1) is 0 Å². The van der Waals surface area contributed by atoms with Gasteiger partial charge in [0.25, 0.3) is 0 Å². The van der Waals surface area contributed by atoms with Crippen LogP contribution in [0.3, 0.4) is 0 Å². The Labute approximate surface area is 248 Å². The van der Waals surface area contributed by atoms with Crippen molar-refractivity contribution in [3.05, 3.63) is 160 Å². The fourth-order valence-electron chi connectivity index (χ4n) is 6.18. The number of benzene rings is 4. The molecule has 3 nitrogen and oxygen atoms in total. The molecule has 5 aromatic rings. The fourth-order valence-corrected chi connectivity index (χ4v) is 6.47. The minimum atomic E-state index is -4.51. The standard InChI is InChI=1S/C35H30ClF3N2O/c36-33-26(11-10-18-30(33)35(37,38)39)23-42-22-25-19-20-31-32(21-25)41(24-40-31)34(27-12-4-1-5-13-27,28-14-6-2-7-15-28)29-16-8-3-9-17-29/h1-18,24-25H,19-23H2. The molecule has 0 N–H and O–H groups in total. The minimum absolute atomic E-state index is 0.0212. The van der Waals surface area contributed by atoms with E-state index >= 15 is 0 Å². The Balaban J connectivity index is 1.34. The SMILES string of the molecule is FC(F)(F)c1cccc(COCC2CCc3ncn(C(c4ccccc4)(c4ccccc4)c4ccccc4)c3C2)c1Cl. The Morgan fingerprint density at radius 3 is 1.90 bits per heavy atom. The number of imidazole rings is 1. The van der Waals surface area contributed by atoms with Gasteiger partial charge in [-0.3, -0.25) is 0 Å². The summed E-state index contributed by atoms with van der Waals surface area (Å²) in [4.78, 5) is 4.90. The molecule has 42 heavy (non-hydrogen) atoms. The Bertz CT molecular complexity index is 1540. The normalized spacial score (nSPS) is 15.4. The second-order valence-corrected chi connectivity index (χ2v) is 11.1. The van der Waals surface area contributed by atoms with Crippen LogP contribution < -0.4 is 0 Å². The van der Waals surface area contributed by atoms with Crippen molar-refractivity contribution in [2.75, 3.05) is 6.61 Å². The molecule has 6 rings (SSSR count). The molecule has 0 bridgehead atoms. The minimum Gasteiger partial charge on any atom is -0.376 e. The van der Waals surface area contributed by atoms with E-state index in [9.17, 15) is 13.2 Å². The first-order valence-electron chi connectivity index (χ1n) is 14.0. The highest BCUT2D eigenvalue weighted by Gasteiger charge is 2.41. The topological polar surface area (TPSA) is 27.1 Å². The van der Waals surface area contributed by atoms with E-state index in [4.69, 9.17) is 21.3 Å². The first-order chi connectivity index (χ1) is 20.4. The number of fused-ring (bicyclic) bond motifs is 1. The van der Waals surface area contributed by atoms with Crippen molar-refractivity contribution in [3.63, 3.8) is 0 Å². The Hall–Kier alpha value is -3.87. The molecule has 214 valence electrons. The highest BCUT2D eigenvalue weighted by molar-refractivity contribution is 6.32. The summed E-state index contributed by atoms with van der Waals surface area (Å²) >= 11 is 6.10. The molecule has 1 unspecified atom stereocenters. The van der Waals surface area contributed by atoms with E-state index in [0.717, 1.165) is 53.4 Å². The lowest BCUT2D eigenvalue weighted by molar-refractivity contribution is -0.137. The van der Waals surface area contributed by atoms with E-state index < -0.39 is 17.3 Å². The zero-order valence-electron chi connectivity index (χ0n) is 22.9. The molecule has 0 fully saturated rings. The Morgan fingerprint density at radius 2 is 1.36 bits per heavy atom. The van der Waals surface area contributed by atoms with Gasteiger partial charge in [-0.05, 0) is 53.5 Å². The van der Waals surface area contributed by atoms with Crippen LogP contribution in [0.2, 0.25) is 5.02 Å². The van der Waals surface area contributed by atoms with Crippen molar-refractivity contribution in [2.45, 2.75) is 37.6 Å². The van der Waals surface area contributed by atoms with Crippen molar-refractivity contribution in [1.82, 2.24) is 9.55 Å². The van der Waals surface area contributed by atoms with E-state index in [1.165, 1.54) is 6.07 Å². The van der Waals surface area contributed by atoms with Gasteiger partial charge in [0, 0.05) is 5.69 Å². The number of hydrogen-bond acceptors (Lipinski definition) is 2. The first kappa shape index (κ1) is 28.3. The van der Waals surface area contributed by atoms with Crippen molar-refractivity contribution in [3.8, 4) is 0 Å². The summed E-state index contributed by atoms with van der Waals surface area (Å²) in [5.41, 5.74) is 4.43. The summed E-state index contributed by atoms with van der Waals surface area (Å²) in [6.45, 7) is 0.430. The number of alkyl halides is 3. The molecule has 4 aromatic carbocycles. The van der Waals surface area contributed by atoms with Gasteiger partial charge < -0.3 is 9.30 Å². The average molecular weight is 587 g/mol. The Morgan fingerprint density at radius 1 is 0.786 bits per heavy atom. The van der Waals surface area contributed by atoms with E-state index in [1.807, 2.05) is 24.5 Å². The van der Waals surface area contributed by atoms with Gasteiger partial charge in [-0.1, -0.05) is 115 Å². The van der Waals surface area contributed by atoms with Crippen molar-refractivity contribution >= 4 is 11.6 Å². The molecular formula is C35H30ClF3N2O. The number of rotatable bonds is 8. The number of aryl methyl sites for hydroxylation is 1.